The van der Waals surface area contributed by atoms with Gasteiger partial charge in [0.25, 0.3) is 0 Å². The van der Waals surface area contributed by atoms with Gasteiger partial charge in [-0.05, 0) is 31.9 Å². The molecule has 0 heterocycles. The Kier molecular flexibility index (Phi) is 4.65. The van der Waals surface area contributed by atoms with Crippen LogP contribution >= 0.6 is 0 Å². The lowest BCUT2D eigenvalue weighted by Gasteiger charge is -2.18. The maximum absolute atomic E-state index is 13.9. The average molecular weight is 294 g/mol. The Labute approximate surface area is 121 Å². The minimum absolute atomic E-state index is 0.00978. The van der Waals surface area contributed by atoms with Gasteiger partial charge in [0.15, 0.2) is 17.5 Å². The molecule has 21 heavy (non-hydrogen) atoms. The SMILES string of the molecule is Cc1cc(C)cc(CC(NN)c2ccc(F)c(F)c2F)c1. The summed E-state index contributed by atoms with van der Waals surface area (Å²) in [6.07, 6.45) is 0.376. The lowest BCUT2D eigenvalue weighted by atomic mass is 9.96. The maximum Gasteiger partial charge on any atom is 0.194 e. The normalized spacial score (nSPS) is 12.5. The molecule has 0 radical (unpaired) electrons. The monoisotopic (exact) mass is 294 g/mol. The predicted molar refractivity (Wildman–Crippen MR) is 76.0 cm³/mol. The molecule has 2 nitrogen and oxygen atoms in total. The van der Waals surface area contributed by atoms with Crippen molar-refractivity contribution < 1.29 is 13.2 Å². The summed E-state index contributed by atoms with van der Waals surface area (Å²) in [7, 11) is 0. The fourth-order valence-electron chi connectivity index (χ4n) is 2.49. The van der Waals surface area contributed by atoms with Crippen molar-refractivity contribution in [2.75, 3.05) is 0 Å². The van der Waals surface area contributed by atoms with E-state index in [1.165, 1.54) is 6.07 Å². The predicted octanol–water partition coefficient (Wildman–Crippen LogP) is 3.47. The molecule has 2 aromatic carbocycles. The third-order valence-electron chi connectivity index (χ3n) is 3.36. The lowest BCUT2D eigenvalue weighted by molar-refractivity contribution is 0.424. The van der Waals surface area contributed by atoms with Crippen LogP contribution < -0.4 is 11.3 Å². The molecule has 5 heteroatoms. The molecule has 0 fully saturated rings. The number of benzene rings is 2. The van der Waals surface area contributed by atoms with Crippen LogP contribution in [0.4, 0.5) is 13.2 Å². The van der Waals surface area contributed by atoms with E-state index in [1.54, 1.807) is 0 Å². The number of nitrogens with two attached hydrogens (primary N) is 1. The molecule has 1 unspecified atom stereocenters. The maximum atomic E-state index is 13.9. The molecule has 1 atom stereocenters. The van der Waals surface area contributed by atoms with Gasteiger partial charge in [-0.15, -0.1) is 0 Å². The largest absolute Gasteiger partial charge is 0.271 e. The summed E-state index contributed by atoms with van der Waals surface area (Å²) >= 11 is 0. The number of halogens is 3. The highest BCUT2D eigenvalue weighted by atomic mass is 19.2. The minimum Gasteiger partial charge on any atom is -0.271 e. The Morgan fingerprint density at radius 2 is 1.62 bits per heavy atom. The molecule has 0 aromatic heterocycles. The van der Waals surface area contributed by atoms with Gasteiger partial charge >= 0.3 is 0 Å². The number of rotatable bonds is 4. The van der Waals surface area contributed by atoms with Crippen LogP contribution in [0, 0.1) is 31.3 Å². The summed E-state index contributed by atoms with van der Waals surface area (Å²) in [5.41, 5.74) is 5.57. The summed E-state index contributed by atoms with van der Waals surface area (Å²) in [4.78, 5) is 0. The van der Waals surface area contributed by atoms with Crippen LogP contribution in [0.25, 0.3) is 0 Å². The number of nitrogens with one attached hydrogen (secondary N) is 1. The van der Waals surface area contributed by atoms with Crippen molar-refractivity contribution in [3.05, 3.63) is 70.0 Å². The van der Waals surface area contributed by atoms with E-state index < -0.39 is 23.5 Å². The molecule has 2 rings (SSSR count). The first-order chi connectivity index (χ1) is 9.92. The topological polar surface area (TPSA) is 38.0 Å². The third-order valence-corrected chi connectivity index (χ3v) is 3.36. The number of hydrogen-bond acceptors (Lipinski definition) is 2. The molecule has 0 spiro atoms. The van der Waals surface area contributed by atoms with Crippen LogP contribution in [0.3, 0.4) is 0 Å². The molecule has 3 N–H and O–H groups in total. The van der Waals surface area contributed by atoms with Gasteiger partial charge in [0.1, 0.15) is 0 Å². The molecular formula is C16H17F3N2. The first-order valence-electron chi connectivity index (χ1n) is 6.59. The summed E-state index contributed by atoms with van der Waals surface area (Å²) < 4.78 is 40.2. The summed E-state index contributed by atoms with van der Waals surface area (Å²) in [5.74, 6) is 1.56. The Hall–Kier alpha value is -1.85. The van der Waals surface area contributed by atoms with Gasteiger partial charge in [0, 0.05) is 5.56 Å². The van der Waals surface area contributed by atoms with Crippen molar-refractivity contribution in [2.24, 2.45) is 5.84 Å². The molecule has 0 aliphatic heterocycles. The van der Waals surface area contributed by atoms with E-state index in [2.05, 4.69) is 5.43 Å². The second-order valence-electron chi connectivity index (χ2n) is 5.18. The quantitative estimate of drug-likeness (QED) is 0.515. The summed E-state index contributed by atoms with van der Waals surface area (Å²) in [6, 6.07) is 7.40. The zero-order valence-corrected chi connectivity index (χ0v) is 11.9. The Morgan fingerprint density at radius 3 is 2.19 bits per heavy atom. The third kappa shape index (κ3) is 3.43. The van der Waals surface area contributed by atoms with Crippen molar-refractivity contribution in [3.8, 4) is 0 Å². The highest BCUT2D eigenvalue weighted by Crippen LogP contribution is 2.24. The van der Waals surface area contributed by atoms with E-state index in [4.69, 9.17) is 5.84 Å². The zero-order valence-electron chi connectivity index (χ0n) is 11.9. The van der Waals surface area contributed by atoms with Gasteiger partial charge in [-0.25, -0.2) is 13.2 Å². The van der Waals surface area contributed by atoms with E-state index in [-0.39, 0.29) is 5.56 Å². The molecule has 112 valence electrons. The Morgan fingerprint density at radius 1 is 1.00 bits per heavy atom. The number of aryl methyl sites for hydroxylation is 2. The first kappa shape index (κ1) is 15.5. The van der Waals surface area contributed by atoms with Crippen molar-refractivity contribution in [3.63, 3.8) is 0 Å². The van der Waals surface area contributed by atoms with Gasteiger partial charge in [-0.1, -0.05) is 35.4 Å². The van der Waals surface area contributed by atoms with Gasteiger partial charge < -0.3 is 0 Å². The van der Waals surface area contributed by atoms with Crippen LogP contribution in [0.15, 0.2) is 30.3 Å². The molecule has 0 aliphatic carbocycles. The second kappa shape index (κ2) is 6.28. The molecule has 0 amide bonds. The van der Waals surface area contributed by atoms with Gasteiger partial charge in [-0.3, -0.25) is 11.3 Å². The van der Waals surface area contributed by atoms with E-state index >= 15 is 0 Å². The standard InChI is InChI=1S/C16H17F3N2/c1-9-5-10(2)7-11(6-9)8-14(21-20)12-3-4-13(17)16(19)15(12)18/h3-7,14,21H,8,20H2,1-2H3. The van der Waals surface area contributed by atoms with Crippen molar-refractivity contribution in [1.29, 1.82) is 0 Å². The van der Waals surface area contributed by atoms with E-state index in [0.717, 1.165) is 22.8 Å². The van der Waals surface area contributed by atoms with Crippen molar-refractivity contribution in [2.45, 2.75) is 26.3 Å². The Bertz CT molecular complexity index is 636. The highest BCUT2D eigenvalue weighted by molar-refractivity contribution is 5.31. The summed E-state index contributed by atoms with van der Waals surface area (Å²) in [5, 5.41) is 0. The molecule has 0 bridgehead atoms. The second-order valence-corrected chi connectivity index (χ2v) is 5.18. The molecule has 2 aromatic rings. The fourth-order valence-corrected chi connectivity index (χ4v) is 2.49. The van der Waals surface area contributed by atoms with Gasteiger partial charge in [-0.2, -0.15) is 0 Å². The van der Waals surface area contributed by atoms with Crippen LogP contribution in [0.2, 0.25) is 0 Å². The van der Waals surface area contributed by atoms with Crippen LogP contribution in [-0.2, 0) is 6.42 Å². The van der Waals surface area contributed by atoms with E-state index in [9.17, 15) is 13.2 Å². The van der Waals surface area contributed by atoms with Gasteiger partial charge in [0.2, 0.25) is 0 Å². The van der Waals surface area contributed by atoms with Crippen molar-refractivity contribution in [1.82, 2.24) is 5.43 Å². The number of hydrogen-bond donors (Lipinski definition) is 2. The zero-order chi connectivity index (χ0) is 15.6. The van der Waals surface area contributed by atoms with Crippen LogP contribution in [0.1, 0.15) is 28.3 Å². The Balaban J connectivity index is 2.34. The summed E-state index contributed by atoms with van der Waals surface area (Å²) in [6.45, 7) is 3.92. The van der Waals surface area contributed by atoms with Gasteiger partial charge in [0.05, 0.1) is 6.04 Å². The molecular weight excluding hydrogens is 277 g/mol. The fraction of sp³-hybridized carbons (Fsp3) is 0.250. The first-order valence-corrected chi connectivity index (χ1v) is 6.59. The average Bonchev–Trinajstić information content (AvgIpc) is 2.42. The van der Waals surface area contributed by atoms with Crippen molar-refractivity contribution >= 4 is 0 Å². The van der Waals surface area contributed by atoms with E-state index in [0.29, 0.717) is 6.42 Å². The number of hydrazine groups is 1. The lowest BCUT2D eigenvalue weighted by Crippen LogP contribution is -2.30. The molecule has 0 saturated carbocycles. The molecule has 0 aliphatic rings. The highest BCUT2D eigenvalue weighted by Gasteiger charge is 2.20. The van der Waals surface area contributed by atoms with Crippen LogP contribution in [-0.4, -0.2) is 0 Å². The van der Waals surface area contributed by atoms with E-state index in [1.807, 2.05) is 32.0 Å². The minimum atomic E-state index is -1.48. The van der Waals surface area contributed by atoms with Crippen LogP contribution in [0.5, 0.6) is 0 Å². The molecule has 0 saturated heterocycles. The smallest absolute Gasteiger partial charge is 0.194 e.